The molecule has 0 radical (unpaired) electrons. The summed E-state index contributed by atoms with van der Waals surface area (Å²) in [4.78, 5) is 43.9. The molecule has 2 heterocycles. The average Bonchev–Trinajstić information content (AvgIpc) is 2.85. The van der Waals surface area contributed by atoms with Gasteiger partial charge in [0.05, 0.1) is 18.2 Å². The van der Waals surface area contributed by atoms with Crippen molar-refractivity contribution in [3.63, 3.8) is 0 Å². The standard InChI is InChI=1S/C26H39N5O4/c1-6-12-27-25(33)31-15-13-30(14-16-31)17-21-22(24(32)35-7-2)23(28-26(34)29(21)5)20-10-8-19(9-11-20)18(3)4/h8-11,18,23H,6-7,12-17H2,1-5H3,(H,27,33)(H,28,34)/t23-/m0/s1. The largest absolute Gasteiger partial charge is 0.463 e. The van der Waals surface area contributed by atoms with Crippen LogP contribution < -0.4 is 10.6 Å². The van der Waals surface area contributed by atoms with Crippen molar-refractivity contribution in [1.29, 1.82) is 0 Å². The van der Waals surface area contributed by atoms with Gasteiger partial charge in [-0.3, -0.25) is 9.80 Å². The van der Waals surface area contributed by atoms with E-state index in [0.717, 1.165) is 12.0 Å². The minimum atomic E-state index is -0.588. The number of benzene rings is 1. The van der Waals surface area contributed by atoms with E-state index in [9.17, 15) is 14.4 Å². The fourth-order valence-corrected chi connectivity index (χ4v) is 4.39. The van der Waals surface area contributed by atoms with Crippen LogP contribution in [0.25, 0.3) is 0 Å². The van der Waals surface area contributed by atoms with E-state index >= 15 is 0 Å². The lowest BCUT2D eigenvalue weighted by Gasteiger charge is -2.39. The zero-order valence-corrected chi connectivity index (χ0v) is 21.6. The number of urea groups is 2. The van der Waals surface area contributed by atoms with Crippen LogP contribution in [0.5, 0.6) is 0 Å². The SMILES string of the molecule is CCCNC(=O)N1CCN(CC2=C(C(=O)OCC)[C@H](c3ccc(C(C)C)cc3)NC(=O)N2C)CC1. The van der Waals surface area contributed by atoms with E-state index < -0.39 is 12.0 Å². The van der Waals surface area contributed by atoms with Gasteiger partial charge in [-0.2, -0.15) is 0 Å². The monoisotopic (exact) mass is 485 g/mol. The average molecular weight is 486 g/mol. The molecule has 0 unspecified atom stereocenters. The van der Waals surface area contributed by atoms with E-state index in [-0.39, 0.29) is 18.7 Å². The van der Waals surface area contributed by atoms with Gasteiger partial charge in [0, 0.05) is 52.0 Å². The van der Waals surface area contributed by atoms with Crippen LogP contribution in [-0.2, 0) is 9.53 Å². The van der Waals surface area contributed by atoms with Gasteiger partial charge in [0.1, 0.15) is 0 Å². The molecule has 35 heavy (non-hydrogen) atoms. The minimum absolute atomic E-state index is 0.0444. The molecule has 4 amide bonds. The van der Waals surface area contributed by atoms with Crippen molar-refractivity contribution in [3.05, 3.63) is 46.7 Å². The van der Waals surface area contributed by atoms with E-state index in [1.54, 1.807) is 14.0 Å². The molecule has 1 saturated heterocycles. The second-order valence-electron chi connectivity index (χ2n) is 9.34. The Bertz CT molecular complexity index is 936. The van der Waals surface area contributed by atoms with Gasteiger partial charge in [-0.25, -0.2) is 14.4 Å². The zero-order valence-electron chi connectivity index (χ0n) is 21.6. The summed E-state index contributed by atoms with van der Waals surface area (Å²) in [7, 11) is 1.68. The molecule has 0 saturated carbocycles. The molecule has 2 N–H and O–H groups in total. The lowest BCUT2D eigenvalue weighted by molar-refractivity contribution is -0.139. The number of carbonyl (C=O) groups is 3. The highest BCUT2D eigenvalue weighted by Gasteiger charge is 2.37. The first-order chi connectivity index (χ1) is 16.8. The molecule has 1 aromatic rings. The topological polar surface area (TPSA) is 94.2 Å². The van der Waals surface area contributed by atoms with Gasteiger partial charge < -0.3 is 20.3 Å². The van der Waals surface area contributed by atoms with Crippen LogP contribution >= 0.6 is 0 Å². The van der Waals surface area contributed by atoms with Crippen LogP contribution in [-0.4, -0.2) is 85.7 Å². The van der Waals surface area contributed by atoms with Crippen LogP contribution in [0, 0.1) is 0 Å². The third-order valence-corrected chi connectivity index (χ3v) is 6.57. The molecular weight excluding hydrogens is 446 g/mol. The van der Waals surface area contributed by atoms with Crippen molar-refractivity contribution in [2.45, 2.75) is 46.1 Å². The highest BCUT2D eigenvalue weighted by Crippen LogP contribution is 2.32. The van der Waals surface area contributed by atoms with Gasteiger partial charge in [-0.15, -0.1) is 0 Å². The van der Waals surface area contributed by atoms with Gasteiger partial charge in [0.2, 0.25) is 0 Å². The van der Waals surface area contributed by atoms with Crippen molar-refractivity contribution in [1.82, 2.24) is 25.3 Å². The Morgan fingerprint density at radius 2 is 1.77 bits per heavy atom. The normalized spacial score (nSPS) is 19.1. The number of piperazine rings is 1. The van der Waals surface area contributed by atoms with Gasteiger partial charge in [0.25, 0.3) is 0 Å². The van der Waals surface area contributed by atoms with Crippen molar-refractivity contribution >= 4 is 18.0 Å². The third-order valence-electron chi connectivity index (χ3n) is 6.57. The van der Waals surface area contributed by atoms with Crippen LogP contribution in [0.15, 0.2) is 35.5 Å². The van der Waals surface area contributed by atoms with Gasteiger partial charge >= 0.3 is 18.0 Å². The Balaban J connectivity index is 1.86. The molecule has 1 aromatic carbocycles. The fraction of sp³-hybridized carbons (Fsp3) is 0.577. The molecule has 0 aliphatic carbocycles. The molecule has 9 nitrogen and oxygen atoms in total. The molecule has 192 valence electrons. The third kappa shape index (κ3) is 6.33. The molecule has 2 aliphatic rings. The fourth-order valence-electron chi connectivity index (χ4n) is 4.39. The maximum Gasteiger partial charge on any atom is 0.338 e. The number of esters is 1. The Hall–Kier alpha value is -3.07. The van der Waals surface area contributed by atoms with Crippen molar-refractivity contribution in [3.8, 4) is 0 Å². The molecule has 0 spiro atoms. The number of nitrogens with zero attached hydrogens (tertiary/aromatic N) is 3. The van der Waals surface area contributed by atoms with E-state index in [2.05, 4.69) is 29.4 Å². The second-order valence-corrected chi connectivity index (χ2v) is 9.34. The van der Waals surface area contributed by atoms with Crippen molar-refractivity contribution in [2.24, 2.45) is 0 Å². The molecule has 1 fully saturated rings. The number of nitrogens with one attached hydrogen (secondary N) is 2. The number of hydrogen-bond acceptors (Lipinski definition) is 5. The Labute approximate surface area is 208 Å². The first-order valence-electron chi connectivity index (χ1n) is 12.6. The molecular formula is C26H39N5O4. The summed E-state index contributed by atoms with van der Waals surface area (Å²) in [5, 5.41) is 5.90. The Kier molecular flexibility index (Phi) is 9.14. The summed E-state index contributed by atoms with van der Waals surface area (Å²) >= 11 is 0. The maximum absolute atomic E-state index is 13.2. The second kappa shape index (κ2) is 12.1. The summed E-state index contributed by atoms with van der Waals surface area (Å²) in [6.07, 6.45) is 0.895. The van der Waals surface area contributed by atoms with Crippen molar-refractivity contribution in [2.75, 3.05) is 52.9 Å². The minimum Gasteiger partial charge on any atom is -0.463 e. The first-order valence-corrected chi connectivity index (χ1v) is 12.6. The zero-order chi connectivity index (χ0) is 25.5. The lowest BCUT2D eigenvalue weighted by Crippen LogP contribution is -2.54. The number of amides is 4. The van der Waals surface area contributed by atoms with Crippen LogP contribution in [0.3, 0.4) is 0 Å². The molecule has 1 atom stereocenters. The maximum atomic E-state index is 13.2. The summed E-state index contributed by atoms with van der Waals surface area (Å²) in [6, 6.07) is 7.12. The number of hydrogen-bond donors (Lipinski definition) is 2. The van der Waals surface area contributed by atoms with E-state index in [1.165, 1.54) is 10.5 Å². The van der Waals surface area contributed by atoms with E-state index in [4.69, 9.17) is 4.74 Å². The first kappa shape index (κ1) is 26.5. The molecule has 3 rings (SSSR count). The summed E-state index contributed by atoms with van der Waals surface area (Å²) in [5.41, 5.74) is 3.12. The van der Waals surface area contributed by atoms with Crippen LogP contribution in [0.4, 0.5) is 9.59 Å². The van der Waals surface area contributed by atoms with E-state index in [0.29, 0.717) is 56.5 Å². The van der Waals surface area contributed by atoms with Gasteiger partial charge in [0.15, 0.2) is 0 Å². The summed E-state index contributed by atoms with van der Waals surface area (Å²) in [6.45, 7) is 11.9. The Morgan fingerprint density at radius 1 is 1.11 bits per heavy atom. The van der Waals surface area contributed by atoms with Gasteiger partial charge in [-0.05, 0) is 30.4 Å². The predicted molar refractivity (Wildman–Crippen MR) is 135 cm³/mol. The van der Waals surface area contributed by atoms with E-state index in [1.807, 2.05) is 36.1 Å². The number of likely N-dealkylation sites (N-methyl/N-ethyl adjacent to an activating group) is 1. The smallest absolute Gasteiger partial charge is 0.338 e. The van der Waals surface area contributed by atoms with Crippen LogP contribution in [0.1, 0.15) is 57.2 Å². The van der Waals surface area contributed by atoms with Crippen molar-refractivity contribution < 1.29 is 19.1 Å². The highest BCUT2D eigenvalue weighted by atomic mass is 16.5. The molecule has 0 bridgehead atoms. The number of ether oxygens (including phenoxy) is 1. The lowest BCUT2D eigenvalue weighted by atomic mass is 9.92. The quantitative estimate of drug-likeness (QED) is 0.552. The molecule has 0 aromatic heterocycles. The highest BCUT2D eigenvalue weighted by molar-refractivity contribution is 5.95. The predicted octanol–water partition coefficient (Wildman–Crippen LogP) is 3.06. The number of rotatable bonds is 8. The Morgan fingerprint density at radius 3 is 2.34 bits per heavy atom. The molecule has 2 aliphatic heterocycles. The molecule has 9 heteroatoms. The summed E-state index contributed by atoms with van der Waals surface area (Å²) in [5.74, 6) is -0.0423. The summed E-state index contributed by atoms with van der Waals surface area (Å²) < 4.78 is 5.43. The number of carbonyl (C=O) groups excluding carboxylic acids is 3. The van der Waals surface area contributed by atoms with Gasteiger partial charge in [-0.1, -0.05) is 45.0 Å². The van der Waals surface area contributed by atoms with Crippen LogP contribution in [0.2, 0.25) is 0 Å².